The summed E-state index contributed by atoms with van der Waals surface area (Å²) in [6.45, 7) is 9.33. The molecule has 1 N–H and O–H groups in total. The summed E-state index contributed by atoms with van der Waals surface area (Å²) in [6, 6.07) is 1.79. The maximum absolute atomic E-state index is 13.9. The van der Waals surface area contributed by atoms with Gasteiger partial charge in [0.15, 0.2) is 0 Å². The van der Waals surface area contributed by atoms with E-state index < -0.39 is 48.8 Å². The van der Waals surface area contributed by atoms with Crippen molar-refractivity contribution in [1.82, 2.24) is 29.2 Å². The highest BCUT2D eigenvalue weighted by molar-refractivity contribution is 6.76. The van der Waals surface area contributed by atoms with Gasteiger partial charge >= 0.3 is 12.4 Å². The first-order valence-electron chi connectivity index (χ1n) is 14.5. The van der Waals surface area contributed by atoms with Crippen LogP contribution in [0.1, 0.15) is 28.4 Å². The number of nitrogens with zero attached hydrogens (tertiary/aromatic N) is 7. The fourth-order valence-electron chi connectivity index (χ4n) is 4.72. The number of aromatic nitrogens is 5. The number of carbonyl (C=O) groups is 1. The number of carbonyl (C=O) groups excluding carboxylic acids is 1. The predicted octanol–water partition coefficient (Wildman–Crippen LogP) is 4.65. The molecule has 1 unspecified atom stereocenters. The van der Waals surface area contributed by atoms with Crippen LogP contribution in [0.3, 0.4) is 0 Å². The van der Waals surface area contributed by atoms with Crippen LogP contribution in [0, 0.1) is 0 Å². The van der Waals surface area contributed by atoms with Crippen molar-refractivity contribution in [2.24, 2.45) is 0 Å². The van der Waals surface area contributed by atoms with Crippen molar-refractivity contribution in [3.05, 3.63) is 64.1 Å². The van der Waals surface area contributed by atoms with Crippen LogP contribution in [0.25, 0.3) is 0 Å². The molecule has 0 aliphatic carbocycles. The predicted molar refractivity (Wildman–Crippen MR) is 160 cm³/mol. The molecule has 3 aromatic rings. The lowest BCUT2D eigenvalue weighted by molar-refractivity contribution is -0.139. The van der Waals surface area contributed by atoms with Crippen molar-refractivity contribution in [2.75, 3.05) is 43.0 Å². The fourth-order valence-corrected chi connectivity index (χ4v) is 5.48. The minimum atomic E-state index is -4.93. The molecule has 11 nitrogen and oxygen atoms in total. The van der Waals surface area contributed by atoms with E-state index in [9.17, 15) is 35.9 Å². The number of alkyl halides is 6. The highest BCUT2D eigenvalue weighted by atomic mass is 28.3. The molecule has 1 aliphatic heterocycles. The van der Waals surface area contributed by atoms with Gasteiger partial charge in [-0.25, -0.2) is 14.6 Å². The molecule has 18 heteroatoms. The Kier molecular flexibility index (Phi) is 10.5. The number of nitrogens with one attached hydrogen (secondary N) is 1. The Labute approximate surface area is 262 Å². The quantitative estimate of drug-likeness (QED) is 0.178. The maximum atomic E-state index is 13.9. The summed E-state index contributed by atoms with van der Waals surface area (Å²) in [5.74, 6) is -0.133. The van der Waals surface area contributed by atoms with Gasteiger partial charge in [-0.15, -0.1) is 0 Å². The van der Waals surface area contributed by atoms with Crippen LogP contribution >= 0.6 is 0 Å². The highest BCUT2D eigenvalue weighted by Crippen LogP contribution is 2.32. The van der Waals surface area contributed by atoms with Crippen LogP contribution in [-0.4, -0.2) is 82.0 Å². The van der Waals surface area contributed by atoms with E-state index in [-0.39, 0.29) is 38.2 Å². The minimum Gasteiger partial charge on any atom is -0.379 e. The summed E-state index contributed by atoms with van der Waals surface area (Å²) in [7, 11) is -1.42. The average molecular weight is 675 g/mol. The number of hydrogen-bond donors (Lipinski definition) is 1. The van der Waals surface area contributed by atoms with Crippen molar-refractivity contribution in [2.45, 2.75) is 64.3 Å². The van der Waals surface area contributed by atoms with E-state index in [1.165, 1.54) is 0 Å². The number of piperazine rings is 1. The molecule has 252 valence electrons. The van der Waals surface area contributed by atoms with Crippen LogP contribution < -0.4 is 15.8 Å². The SMILES string of the molecule is CC(Cn1ccc(C(=O)N2CCN(c3ncc(C(F)(F)F)cn3)CC2)c1)Nc1cnn(COCC[Si](C)(C)C)c(=O)c1C(F)(F)F. The summed E-state index contributed by atoms with van der Waals surface area (Å²) in [5, 5.41) is 6.61. The van der Waals surface area contributed by atoms with Crippen LogP contribution in [0.2, 0.25) is 25.7 Å². The Morgan fingerprint density at radius 3 is 2.26 bits per heavy atom. The summed E-state index contributed by atoms with van der Waals surface area (Å²) in [4.78, 5) is 36.7. The van der Waals surface area contributed by atoms with Crippen molar-refractivity contribution in [1.29, 1.82) is 0 Å². The number of amides is 1. The zero-order chi connectivity index (χ0) is 33.9. The average Bonchev–Trinajstić information content (AvgIpc) is 3.42. The molecular formula is C28H36F6N8O3Si. The molecular weight excluding hydrogens is 638 g/mol. The maximum Gasteiger partial charge on any atom is 0.423 e. The molecule has 46 heavy (non-hydrogen) atoms. The second-order valence-electron chi connectivity index (χ2n) is 12.3. The van der Waals surface area contributed by atoms with Crippen molar-refractivity contribution >= 4 is 25.6 Å². The molecule has 0 saturated carbocycles. The standard InChI is InChI=1S/C28H36F6N8O3Si/c1-19(38-22-15-37-42(18-45-11-12-46(2,3)4)25(44)23(22)28(32,33)34)16-39-6-5-20(17-39)24(43)40-7-9-41(10-8-40)26-35-13-21(14-36-26)27(29,30)31/h5-6,13-15,17,19,38H,7-12,16,18H2,1-4H3. The molecule has 1 fully saturated rings. The number of hydrogen-bond acceptors (Lipinski definition) is 8. The van der Waals surface area contributed by atoms with Crippen LogP contribution in [0.15, 0.2) is 41.8 Å². The van der Waals surface area contributed by atoms with E-state index in [4.69, 9.17) is 4.74 Å². The lowest BCUT2D eigenvalue weighted by Crippen LogP contribution is -2.49. The molecule has 0 radical (unpaired) electrons. The second-order valence-corrected chi connectivity index (χ2v) is 17.9. The minimum absolute atomic E-state index is 0.139. The summed E-state index contributed by atoms with van der Waals surface area (Å²) < 4.78 is 87.9. The van der Waals surface area contributed by atoms with Gasteiger partial charge in [-0.3, -0.25) is 9.59 Å². The molecule has 0 bridgehead atoms. The largest absolute Gasteiger partial charge is 0.423 e. The van der Waals surface area contributed by atoms with Gasteiger partial charge in [0.1, 0.15) is 12.3 Å². The molecule has 1 aliphatic rings. The first-order chi connectivity index (χ1) is 21.4. The molecule has 1 atom stereocenters. The van der Waals surface area contributed by atoms with Gasteiger partial charge in [0.2, 0.25) is 5.95 Å². The summed E-state index contributed by atoms with van der Waals surface area (Å²) >= 11 is 0. The first-order valence-corrected chi connectivity index (χ1v) is 18.2. The summed E-state index contributed by atoms with van der Waals surface area (Å²) in [5.41, 5.74) is -3.72. The van der Waals surface area contributed by atoms with E-state index in [0.29, 0.717) is 29.9 Å². The number of anilines is 2. The van der Waals surface area contributed by atoms with Crippen molar-refractivity contribution < 1.29 is 35.9 Å². The highest BCUT2D eigenvalue weighted by Gasteiger charge is 2.38. The van der Waals surface area contributed by atoms with Gasteiger partial charge in [0.25, 0.3) is 11.5 Å². The third kappa shape index (κ3) is 9.08. The monoisotopic (exact) mass is 674 g/mol. The zero-order valence-electron chi connectivity index (χ0n) is 25.8. The lowest BCUT2D eigenvalue weighted by Gasteiger charge is -2.34. The van der Waals surface area contributed by atoms with Crippen molar-refractivity contribution in [3.8, 4) is 0 Å². The van der Waals surface area contributed by atoms with Gasteiger partial charge in [0, 0.05) is 78.2 Å². The molecule has 1 saturated heterocycles. The zero-order valence-corrected chi connectivity index (χ0v) is 26.8. The van der Waals surface area contributed by atoms with Gasteiger partial charge in [0.05, 0.1) is 23.0 Å². The third-order valence-corrected chi connectivity index (χ3v) is 8.94. The Morgan fingerprint density at radius 1 is 1.02 bits per heavy atom. The van der Waals surface area contributed by atoms with Gasteiger partial charge < -0.3 is 24.4 Å². The molecule has 0 spiro atoms. The Balaban J connectivity index is 1.34. The molecule has 4 rings (SSSR count). The lowest BCUT2D eigenvalue weighted by atomic mass is 10.2. The Bertz CT molecular complexity index is 1540. The summed E-state index contributed by atoms with van der Waals surface area (Å²) in [6.07, 6.45) is -3.87. The molecule has 3 aromatic heterocycles. The fraction of sp³-hybridized carbons (Fsp3) is 0.536. The second kappa shape index (κ2) is 13.8. The number of rotatable bonds is 11. The van der Waals surface area contributed by atoms with Crippen LogP contribution in [0.5, 0.6) is 0 Å². The molecule has 4 heterocycles. The Hall–Kier alpha value is -3.93. The van der Waals surface area contributed by atoms with Gasteiger partial charge in [-0.2, -0.15) is 31.4 Å². The van der Waals surface area contributed by atoms with E-state index >= 15 is 0 Å². The first kappa shape index (κ1) is 34.9. The molecule has 0 aromatic carbocycles. The van der Waals surface area contributed by atoms with Gasteiger partial charge in [-0.05, 0) is 19.0 Å². The van der Waals surface area contributed by atoms with Gasteiger partial charge in [-0.1, -0.05) is 19.6 Å². The normalized spacial score (nSPS) is 15.3. The smallest absolute Gasteiger partial charge is 0.379 e. The van der Waals surface area contributed by atoms with E-state index in [1.54, 1.807) is 39.8 Å². The van der Waals surface area contributed by atoms with E-state index in [1.807, 2.05) is 0 Å². The Morgan fingerprint density at radius 2 is 1.67 bits per heavy atom. The van der Waals surface area contributed by atoms with E-state index in [0.717, 1.165) is 24.6 Å². The van der Waals surface area contributed by atoms with Crippen LogP contribution in [-0.2, 0) is 30.4 Å². The molecule has 1 amide bonds. The van der Waals surface area contributed by atoms with Crippen LogP contribution in [0.4, 0.5) is 38.0 Å². The van der Waals surface area contributed by atoms with E-state index in [2.05, 4.69) is 40.0 Å². The third-order valence-electron chi connectivity index (χ3n) is 7.24. The van der Waals surface area contributed by atoms with Crippen molar-refractivity contribution in [3.63, 3.8) is 0 Å². The number of ether oxygens (including phenoxy) is 1. The number of halogens is 6. The topological polar surface area (TPSA) is 110 Å².